The second kappa shape index (κ2) is 17.6. The lowest BCUT2D eigenvalue weighted by molar-refractivity contribution is -0.139. The molecule has 1 aromatic rings. The van der Waals surface area contributed by atoms with Gasteiger partial charge < -0.3 is 24.1 Å². The van der Waals surface area contributed by atoms with Crippen LogP contribution in [0.3, 0.4) is 0 Å². The zero-order chi connectivity index (χ0) is 31.5. The van der Waals surface area contributed by atoms with Crippen LogP contribution in [0.1, 0.15) is 122 Å². The number of benzene rings is 1. The summed E-state index contributed by atoms with van der Waals surface area (Å²) in [6, 6.07) is 8.13. The van der Waals surface area contributed by atoms with Gasteiger partial charge in [-0.3, -0.25) is 0 Å². The van der Waals surface area contributed by atoms with Gasteiger partial charge in [0.15, 0.2) is 0 Å². The van der Waals surface area contributed by atoms with Crippen LogP contribution in [0, 0.1) is 3.57 Å². The summed E-state index contributed by atoms with van der Waals surface area (Å²) in [5.74, 6) is 0.794. The predicted molar refractivity (Wildman–Crippen MR) is 182 cm³/mol. The van der Waals surface area contributed by atoms with Gasteiger partial charge in [-0.2, -0.15) is 10.2 Å². The zero-order valence-corrected chi connectivity index (χ0v) is 29.2. The first-order valence-electron chi connectivity index (χ1n) is 17.6. The van der Waals surface area contributed by atoms with E-state index in [2.05, 4.69) is 45.0 Å². The molecule has 0 saturated carbocycles. The molecule has 5 rings (SSSR count). The SMILES string of the molecule is C[C@H]1C=C(CCCCCCCCCCC2([C@H]3CC[C@H]([C@H]4CC[C@H]([C@H](O)CCCCCOc5ccc(I)cc5)O4)O3)N=N2)C(=O)O1. The number of halogens is 1. The molecule has 2 fully saturated rings. The van der Waals surface area contributed by atoms with Crippen LogP contribution in [-0.4, -0.2) is 60.0 Å². The van der Waals surface area contributed by atoms with Gasteiger partial charge in [0.2, 0.25) is 5.66 Å². The molecule has 8 nitrogen and oxygen atoms in total. The zero-order valence-electron chi connectivity index (χ0n) is 27.0. The molecule has 4 aliphatic rings. The quantitative estimate of drug-likeness (QED) is 0.0771. The average molecular weight is 737 g/mol. The van der Waals surface area contributed by atoms with Crippen molar-refractivity contribution in [3.05, 3.63) is 39.5 Å². The summed E-state index contributed by atoms with van der Waals surface area (Å²) < 4.78 is 25.0. The molecule has 4 aliphatic heterocycles. The van der Waals surface area contributed by atoms with Gasteiger partial charge in [0, 0.05) is 9.14 Å². The van der Waals surface area contributed by atoms with Crippen molar-refractivity contribution in [3.8, 4) is 5.75 Å². The number of aliphatic hydroxyl groups is 1. The lowest BCUT2D eigenvalue weighted by Crippen LogP contribution is -2.34. The predicted octanol–water partition coefficient (Wildman–Crippen LogP) is 8.62. The van der Waals surface area contributed by atoms with Gasteiger partial charge >= 0.3 is 5.97 Å². The Labute approximate surface area is 283 Å². The molecule has 250 valence electrons. The first-order chi connectivity index (χ1) is 21.9. The first kappa shape index (κ1) is 34.8. The largest absolute Gasteiger partial charge is 0.494 e. The Morgan fingerprint density at radius 3 is 2.27 bits per heavy atom. The number of esters is 1. The lowest BCUT2D eigenvalue weighted by Gasteiger charge is -2.24. The molecule has 0 amide bonds. The Bertz CT molecular complexity index is 1120. The molecular formula is C36H53IN2O6. The average Bonchev–Trinajstić information content (AvgIpc) is 3.35. The van der Waals surface area contributed by atoms with Crippen molar-refractivity contribution >= 4 is 28.6 Å². The number of rotatable bonds is 21. The van der Waals surface area contributed by atoms with Gasteiger partial charge in [0.25, 0.3) is 0 Å². The Hall–Kier alpha value is -1.56. The van der Waals surface area contributed by atoms with Crippen LogP contribution < -0.4 is 4.74 Å². The van der Waals surface area contributed by atoms with Crippen LogP contribution in [0.25, 0.3) is 0 Å². The Kier molecular flexibility index (Phi) is 13.6. The van der Waals surface area contributed by atoms with Crippen LogP contribution >= 0.6 is 22.6 Å². The second-order valence-corrected chi connectivity index (χ2v) is 14.7. The number of aliphatic hydroxyl groups excluding tert-OH is 1. The summed E-state index contributed by atoms with van der Waals surface area (Å²) in [4.78, 5) is 11.7. The van der Waals surface area contributed by atoms with Crippen molar-refractivity contribution in [2.45, 2.75) is 165 Å². The third kappa shape index (κ3) is 10.7. The summed E-state index contributed by atoms with van der Waals surface area (Å²) in [6.07, 6.45) is 20.7. The maximum Gasteiger partial charge on any atom is 0.334 e. The van der Waals surface area contributed by atoms with E-state index in [1.54, 1.807) is 0 Å². The number of nitrogens with zero attached hydrogens (tertiary/aromatic N) is 2. The Morgan fingerprint density at radius 2 is 1.56 bits per heavy atom. The van der Waals surface area contributed by atoms with E-state index in [0.29, 0.717) is 6.61 Å². The molecule has 45 heavy (non-hydrogen) atoms. The summed E-state index contributed by atoms with van der Waals surface area (Å²) in [5, 5.41) is 19.7. The molecule has 0 aromatic heterocycles. The fourth-order valence-electron chi connectivity index (χ4n) is 7.09. The number of cyclic esters (lactones) is 1. The van der Waals surface area contributed by atoms with E-state index in [-0.39, 0.29) is 42.2 Å². The first-order valence-corrected chi connectivity index (χ1v) is 18.7. The molecule has 0 spiro atoms. The van der Waals surface area contributed by atoms with E-state index in [1.165, 1.54) is 42.1 Å². The third-order valence-corrected chi connectivity index (χ3v) is 10.5. The molecule has 0 unspecified atom stereocenters. The molecule has 2 saturated heterocycles. The molecule has 0 radical (unpaired) electrons. The van der Waals surface area contributed by atoms with Crippen LogP contribution in [0.2, 0.25) is 0 Å². The smallest absolute Gasteiger partial charge is 0.334 e. The molecule has 1 N–H and O–H groups in total. The van der Waals surface area contributed by atoms with Gasteiger partial charge in [-0.25, -0.2) is 4.79 Å². The van der Waals surface area contributed by atoms with E-state index in [9.17, 15) is 9.90 Å². The Balaban J connectivity index is 0.867. The Morgan fingerprint density at radius 1 is 0.889 bits per heavy atom. The molecule has 0 bridgehead atoms. The van der Waals surface area contributed by atoms with Gasteiger partial charge in [-0.05, 0) is 130 Å². The highest BCUT2D eigenvalue weighted by Gasteiger charge is 2.53. The monoisotopic (exact) mass is 736 g/mol. The highest BCUT2D eigenvalue weighted by atomic mass is 127. The van der Waals surface area contributed by atoms with Gasteiger partial charge in [-0.1, -0.05) is 44.9 Å². The van der Waals surface area contributed by atoms with E-state index in [0.717, 1.165) is 88.4 Å². The van der Waals surface area contributed by atoms with Crippen LogP contribution in [-0.2, 0) is 19.0 Å². The van der Waals surface area contributed by atoms with Crippen molar-refractivity contribution in [2.75, 3.05) is 6.61 Å². The molecule has 6 atom stereocenters. The summed E-state index contributed by atoms with van der Waals surface area (Å²) in [6.45, 7) is 2.62. The number of carbonyl (C=O) groups is 1. The van der Waals surface area contributed by atoms with Crippen molar-refractivity contribution < 1.29 is 28.8 Å². The van der Waals surface area contributed by atoms with Crippen LogP contribution in [0.5, 0.6) is 5.75 Å². The third-order valence-electron chi connectivity index (χ3n) is 9.81. The minimum atomic E-state index is -0.414. The standard InChI is InChI=1S/C36H53IN2O6/c1-26-25-27(35(41)43-26)13-9-6-4-2-3-5-7-11-23-36(38-39-36)34-22-21-33(45-34)32-20-19-31(44-32)30(40)14-10-8-12-24-42-29-17-15-28(37)16-18-29/h15-18,25-26,30-34,40H,2-14,19-24H2,1H3/t26-,30+,31+,32+,33+,34+/m0/s1. The number of hydrogen-bond acceptors (Lipinski definition) is 8. The van der Waals surface area contributed by atoms with Crippen molar-refractivity contribution in [1.29, 1.82) is 0 Å². The van der Waals surface area contributed by atoms with Crippen molar-refractivity contribution in [2.24, 2.45) is 10.2 Å². The van der Waals surface area contributed by atoms with Gasteiger partial charge in [0.1, 0.15) is 18.0 Å². The number of unbranched alkanes of at least 4 members (excludes halogenated alkanes) is 9. The summed E-state index contributed by atoms with van der Waals surface area (Å²) in [5.41, 5.74) is 0.546. The summed E-state index contributed by atoms with van der Waals surface area (Å²) in [7, 11) is 0. The van der Waals surface area contributed by atoms with Gasteiger partial charge in [-0.15, -0.1) is 0 Å². The highest BCUT2D eigenvalue weighted by molar-refractivity contribution is 14.1. The molecule has 0 aliphatic carbocycles. The van der Waals surface area contributed by atoms with Crippen LogP contribution in [0.4, 0.5) is 0 Å². The molecule has 4 heterocycles. The van der Waals surface area contributed by atoms with Crippen molar-refractivity contribution in [1.82, 2.24) is 0 Å². The maximum absolute atomic E-state index is 11.7. The van der Waals surface area contributed by atoms with E-state index >= 15 is 0 Å². The number of carbonyl (C=O) groups excluding carboxylic acids is 1. The lowest BCUT2D eigenvalue weighted by atomic mass is 9.96. The van der Waals surface area contributed by atoms with E-state index < -0.39 is 6.10 Å². The normalized spacial score (nSPS) is 27.5. The van der Waals surface area contributed by atoms with Gasteiger partial charge in [0.05, 0.1) is 31.0 Å². The van der Waals surface area contributed by atoms with E-state index in [1.807, 2.05) is 25.1 Å². The van der Waals surface area contributed by atoms with Crippen molar-refractivity contribution in [3.63, 3.8) is 0 Å². The topological polar surface area (TPSA) is 98.9 Å². The molecular weight excluding hydrogens is 683 g/mol. The number of ether oxygens (including phenoxy) is 4. The van der Waals surface area contributed by atoms with E-state index in [4.69, 9.17) is 18.9 Å². The minimum Gasteiger partial charge on any atom is -0.494 e. The minimum absolute atomic E-state index is 0.0545. The molecule has 9 heteroatoms. The van der Waals surface area contributed by atoms with Crippen LogP contribution in [0.15, 0.2) is 46.1 Å². The summed E-state index contributed by atoms with van der Waals surface area (Å²) >= 11 is 2.30. The second-order valence-electron chi connectivity index (χ2n) is 13.5. The fraction of sp³-hybridized carbons (Fsp3) is 0.750. The fourth-order valence-corrected chi connectivity index (χ4v) is 7.45. The number of hydrogen-bond donors (Lipinski definition) is 1. The molecule has 1 aromatic carbocycles. The maximum atomic E-state index is 11.7. The highest BCUT2D eigenvalue weighted by Crippen LogP contribution is 2.45.